The topological polar surface area (TPSA) is 48.1 Å². The molecule has 3 nitrogen and oxygen atoms in total. The van der Waals surface area contributed by atoms with Crippen LogP contribution in [0.1, 0.15) is 23.1 Å². The zero-order valence-corrected chi connectivity index (χ0v) is 13.0. The molecule has 20 heavy (non-hydrogen) atoms. The Balaban J connectivity index is 1.71. The molecule has 0 radical (unpaired) electrons. The predicted octanol–water partition coefficient (Wildman–Crippen LogP) is 3.45. The van der Waals surface area contributed by atoms with Crippen LogP contribution < -0.4 is 5.73 Å². The first-order chi connectivity index (χ1) is 9.79. The van der Waals surface area contributed by atoms with Gasteiger partial charge in [-0.3, -0.25) is 4.98 Å². The first-order valence-corrected chi connectivity index (χ1v) is 7.53. The van der Waals surface area contributed by atoms with Crippen molar-refractivity contribution in [3.63, 3.8) is 0 Å². The highest BCUT2D eigenvalue weighted by atomic mass is 79.9. The van der Waals surface area contributed by atoms with Gasteiger partial charge in [0.15, 0.2) is 0 Å². The summed E-state index contributed by atoms with van der Waals surface area (Å²) in [6.45, 7) is 1.95. The third-order valence-corrected chi connectivity index (χ3v) is 3.85. The summed E-state index contributed by atoms with van der Waals surface area (Å²) in [5, 5.41) is 0. The van der Waals surface area contributed by atoms with Gasteiger partial charge in [-0.1, -0.05) is 28.1 Å². The van der Waals surface area contributed by atoms with Gasteiger partial charge in [-0.15, -0.1) is 0 Å². The van der Waals surface area contributed by atoms with Gasteiger partial charge in [0.2, 0.25) is 0 Å². The standard InChI is InChI=1S/C16H19BrN2O/c17-16-10-14(11-18)3-4-15(16)12-20-9-1-2-13-5-7-19-8-6-13/h3-8,10H,1-2,9,11-12,18H2. The summed E-state index contributed by atoms with van der Waals surface area (Å²) in [5.74, 6) is 0. The Hall–Kier alpha value is -1.23. The lowest BCUT2D eigenvalue weighted by Gasteiger charge is -2.08. The van der Waals surface area contributed by atoms with E-state index in [4.69, 9.17) is 10.5 Å². The van der Waals surface area contributed by atoms with Crippen LogP contribution in [-0.2, 0) is 24.3 Å². The van der Waals surface area contributed by atoms with E-state index in [9.17, 15) is 0 Å². The lowest BCUT2D eigenvalue weighted by atomic mass is 10.1. The number of pyridine rings is 1. The molecule has 0 saturated heterocycles. The second-order valence-corrected chi connectivity index (χ2v) is 5.50. The summed E-state index contributed by atoms with van der Waals surface area (Å²) in [5.41, 5.74) is 9.19. The Morgan fingerprint density at radius 3 is 2.60 bits per heavy atom. The zero-order chi connectivity index (χ0) is 14.2. The summed E-state index contributed by atoms with van der Waals surface area (Å²) in [7, 11) is 0. The molecule has 106 valence electrons. The molecule has 2 aromatic rings. The number of ether oxygens (including phenoxy) is 1. The van der Waals surface area contributed by atoms with E-state index in [0.29, 0.717) is 13.2 Å². The maximum absolute atomic E-state index is 5.72. The van der Waals surface area contributed by atoms with E-state index >= 15 is 0 Å². The van der Waals surface area contributed by atoms with Crippen LogP contribution >= 0.6 is 15.9 Å². The SMILES string of the molecule is NCc1ccc(COCCCc2ccncc2)c(Br)c1. The lowest BCUT2D eigenvalue weighted by Crippen LogP contribution is -2.00. The van der Waals surface area contributed by atoms with Crippen molar-refractivity contribution in [1.82, 2.24) is 4.98 Å². The highest BCUT2D eigenvalue weighted by molar-refractivity contribution is 9.10. The molecule has 0 spiro atoms. The van der Waals surface area contributed by atoms with Crippen LogP contribution in [0, 0.1) is 0 Å². The lowest BCUT2D eigenvalue weighted by molar-refractivity contribution is 0.118. The molecule has 0 aliphatic rings. The van der Waals surface area contributed by atoms with Crippen molar-refractivity contribution < 1.29 is 4.74 Å². The van der Waals surface area contributed by atoms with Crippen LogP contribution in [0.25, 0.3) is 0 Å². The van der Waals surface area contributed by atoms with Crippen LogP contribution in [0.15, 0.2) is 47.2 Å². The monoisotopic (exact) mass is 334 g/mol. The fourth-order valence-corrected chi connectivity index (χ4v) is 2.49. The van der Waals surface area contributed by atoms with Crippen molar-refractivity contribution in [3.8, 4) is 0 Å². The van der Waals surface area contributed by atoms with Crippen LogP contribution in [0.2, 0.25) is 0 Å². The zero-order valence-electron chi connectivity index (χ0n) is 11.4. The Labute approximate surface area is 128 Å². The summed E-state index contributed by atoms with van der Waals surface area (Å²) < 4.78 is 6.78. The van der Waals surface area contributed by atoms with Gasteiger partial charge in [-0.05, 0) is 47.7 Å². The number of hydrogen-bond acceptors (Lipinski definition) is 3. The molecule has 0 fully saturated rings. The number of hydrogen-bond donors (Lipinski definition) is 1. The molecule has 0 saturated carbocycles. The first-order valence-electron chi connectivity index (χ1n) is 6.73. The average Bonchev–Trinajstić information content (AvgIpc) is 2.49. The van der Waals surface area contributed by atoms with Gasteiger partial charge < -0.3 is 10.5 Å². The molecule has 0 aliphatic heterocycles. The van der Waals surface area contributed by atoms with Crippen molar-refractivity contribution in [1.29, 1.82) is 0 Å². The minimum Gasteiger partial charge on any atom is -0.377 e. The van der Waals surface area contributed by atoms with E-state index in [1.54, 1.807) is 0 Å². The third-order valence-electron chi connectivity index (χ3n) is 3.11. The minimum atomic E-state index is 0.561. The van der Waals surface area contributed by atoms with E-state index in [1.165, 1.54) is 5.56 Å². The molecule has 0 unspecified atom stereocenters. The second-order valence-electron chi connectivity index (χ2n) is 4.64. The van der Waals surface area contributed by atoms with Gasteiger partial charge in [0, 0.05) is 30.0 Å². The fourth-order valence-electron chi connectivity index (χ4n) is 1.94. The summed E-state index contributed by atoms with van der Waals surface area (Å²) >= 11 is 3.55. The summed E-state index contributed by atoms with van der Waals surface area (Å²) in [6.07, 6.45) is 5.69. The number of rotatable bonds is 7. The maximum atomic E-state index is 5.72. The largest absolute Gasteiger partial charge is 0.377 e. The number of benzene rings is 1. The van der Waals surface area contributed by atoms with E-state index in [1.807, 2.05) is 30.6 Å². The van der Waals surface area contributed by atoms with Crippen LogP contribution in [-0.4, -0.2) is 11.6 Å². The number of aromatic nitrogens is 1. The van der Waals surface area contributed by atoms with Crippen molar-refractivity contribution in [2.75, 3.05) is 6.61 Å². The van der Waals surface area contributed by atoms with E-state index in [2.05, 4.69) is 33.0 Å². The van der Waals surface area contributed by atoms with Gasteiger partial charge in [-0.25, -0.2) is 0 Å². The third kappa shape index (κ3) is 4.71. The fraction of sp³-hybridized carbons (Fsp3) is 0.312. The Morgan fingerprint density at radius 1 is 1.10 bits per heavy atom. The molecule has 1 aromatic heterocycles. The van der Waals surface area contributed by atoms with E-state index in [-0.39, 0.29) is 0 Å². The Kier molecular flexibility index (Phi) is 6.18. The first kappa shape index (κ1) is 15.2. The Morgan fingerprint density at radius 2 is 1.90 bits per heavy atom. The second kappa shape index (κ2) is 8.15. The molecule has 4 heteroatoms. The number of nitrogens with zero attached hydrogens (tertiary/aromatic N) is 1. The maximum Gasteiger partial charge on any atom is 0.0727 e. The van der Waals surface area contributed by atoms with Crippen molar-refractivity contribution in [2.45, 2.75) is 26.0 Å². The summed E-state index contributed by atoms with van der Waals surface area (Å²) in [6, 6.07) is 10.2. The minimum absolute atomic E-state index is 0.561. The molecule has 1 heterocycles. The Bertz CT molecular complexity index is 531. The van der Waals surface area contributed by atoms with Gasteiger partial charge in [0.05, 0.1) is 6.61 Å². The molecule has 0 bridgehead atoms. The van der Waals surface area contributed by atoms with E-state index < -0.39 is 0 Å². The van der Waals surface area contributed by atoms with Crippen molar-refractivity contribution in [2.24, 2.45) is 5.73 Å². The molecular formula is C16H19BrN2O. The summed E-state index contributed by atoms with van der Waals surface area (Å²) in [4.78, 5) is 4.01. The predicted molar refractivity (Wildman–Crippen MR) is 84.2 cm³/mol. The highest BCUT2D eigenvalue weighted by Crippen LogP contribution is 2.19. The van der Waals surface area contributed by atoms with Crippen molar-refractivity contribution in [3.05, 3.63) is 63.9 Å². The molecule has 0 aliphatic carbocycles. The average molecular weight is 335 g/mol. The quantitative estimate of drug-likeness (QED) is 0.789. The highest BCUT2D eigenvalue weighted by Gasteiger charge is 2.01. The molecule has 2 rings (SSSR count). The van der Waals surface area contributed by atoms with E-state index in [0.717, 1.165) is 35.0 Å². The van der Waals surface area contributed by atoms with Gasteiger partial charge in [0.1, 0.15) is 0 Å². The van der Waals surface area contributed by atoms with Gasteiger partial charge >= 0.3 is 0 Å². The number of aryl methyl sites for hydroxylation is 1. The van der Waals surface area contributed by atoms with Crippen LogP contribution in [0.4, 0.5) is 0 Å². The van der Waals surface area contributed by atoms with Crippen molar-refractivity contribution >= 4 is 15.9 Å². The molecule has 0 atom stereocenters. The number of halogens is 1. The molecule has 2 N–H and O–H groups in total. The van der Waals surface area contributed by atoms with Crippen LogP contribution in [0.3, 0.4) is 0 Å². The van der Waals surface area contributed by atoms with Gasteiger partial charge in [-0.2, -0.15) is 0 Å². The molecule has 0 amide bonds. The smallest absolute Gasteiger partial charge is 0.0727 e. The van der Waals surface area contributed by atoms with Gasteiger partial charge in [0.25, 0.3) is 0 Å². The normalized spacial score (nSPS) is 10.7. The van der Waals surface area contributed by atoms with Crippen LogP contribution in [0.5, 0.6) is 0 Å². The number of nitrogens with two attached hydrogens (primary N) is 1. The molecule has 1 aromatic carbocycles. The molecular weight excluding hydrogens is 316 g/mol.